The Morgan fingerprint density at radius 1 is 1.19 bits per heavy atom. The van der Waals surface area contributed by atoms with E-state index in [9.17, 15) is 13.6 Å². The van der Waals surface area contributed by atoms with Crippen LogP contribution < -0.4 is 5.73 Å². The van der Waals surface area contributed by atoms with Gasteiger partial charge in [0.15, 0.2) is 6.61 Å². The molecule has 0 unspecified atom stereocenters. The number of rotatable bonds is 9. The number of nitrogens with two attached hydrogens (primary N) is 1. The van der Waals surface area contributed by atoms with E-state index in [0.29, 0.717) is 17.3 Å². The van der Waals surface area contributed by atoms with Crippen LogP contribution in [-0.2, 0) is 24.3 Å². The fourth-order valence-corrected chi connectivity index (χ4v) is 4.41. The minimum absolute atomic E-state index is 0.0506. The van der Waals surface area contributed by atoms with Gasteiger partial charge in [-0.2, -0.15) is 0 Å². The summed E-state index contributed by atoms with van der Waals surface area (Å²) in [5.74, 6) is -0.699. The lowest BCUT2D eigenvalue weighted by Gasteiger charge is -2.13. The topological polar surface area (TPSA) is 83.0 Å². The number of aryl methyl sites for hydroxylation is 1. The number of primary amides is 1. The molecule has 9 heteroatoms. The van der Waals surface area contributed by atoms with Gasteiger partial charge in [0.1, 0.15) is 22.5 Å². The van der Waals surface area contributed by atoms with Crippen LogP contribution in [0.3, 0.4) is 0 Å². The van der Waals surface area contributed by atoms with Gasteiger partial charge in [0, 0.05) is 29.9 Å². The number of amides is 1. The number of halogens is 2. The van der Waals surface area contributed by atoms with Crippen molar-refractivity contribution in [1.29, 1.82) is 0 Å². The number of carbonyl (C=O) groups excluding carboxylic acids is 1. The van der Waals surface area contributed by atoms with Crippen LogP contribution in [0.2, 0.25) is 0 Å². The summed E-state index contributed by atoms with van der Waals surface area (Å²) in [4.78, 5) is 20.3. The Bertz CT molecular complexity index is 1020. The molecule has 2 heterocycles. The Kier molecular flexibility index (Phi) is 7.62. The van der Waals surface area contributed by atoms with Crippen molar-refractivity contribution in [3.05, 3.63) is 71.4 Å². The molecule has 0 radical (unpaired) electrons. The maximum Gasteiger partial charge on any atom is 0.404 e. The number of imidazole rings is 1. The second-order valence-corrected chi connectivity index (χ2v) is 8.36. The summed E-state index contributed by atoms with van der Waals surface area (Å²) in [6.45, 7) is 4.47. The number of nitrogens with zero attached hydrogens (tertiary/aromatic N) is 3. The van der Waals surface area contributed by atoms with E-state index in [1.807, 2.05) is 30.5 Å². The second kappa shape index (κ2) is 10.4. The normalized spacial score (nSPS) is 11.1. The predicted octanol–water partition coefficient (Wildman–Crippen LogP) is 5.06. The molecule has 6 nitrogen and oxygen atoms in total. The number of pyridine rings is 1. The summed E-state index contributed by atoms with van der Waals surface area (Å²) in [7, 11) is 0. The first-order valence-electron chi connectivity index (χ1n) is 9.88. The summed E-state index contributed by atoms with van der Waals surface area (Å²) in [5, 5.41) is 0.762. The number of aromatic nitrogens is 3. The van der Waals surface area contributed by atoms with Crippen LogP contribution in [0.4, 0.5) is 13.6 Å². The molecule has 0 aliphatic rings. The zero-order valence-electron chi connectivity index (χ0n) is 17.3. The Balaban J connectivity index is 1.93. The molecule has 0 fully saturated rings. The highest BCUT2D eigenvalue weighted by atomic mass is 32.2. The minimum Gasteiger partial charge on any atom is -0.442 e. The van der Waals surface area contributed by atoms with Crippen molar-refractivity contribution in [3.63, 3.8) is 0 Å². The fourth-order valence-electron chi connectivity index (χ4n) is 3.15. The molecule has 31 heavy (non-hydrogen) atoms. The predicted molar refractivity (Wildman–Crippen MR) is 114 cm³/mol. The SMILES string of the molecule is CC(C)c1nc(COC(N)=O)n(CCCc2ccncc2)c1Sc1cc(F)cc(F)c1. The van der Waals surface area contributed by atoms with E-state index in [-0.39, 0.29) is 12.5 Å². The van der Waals surface area contributed by atoms with Gasteiger partial charge in [-0.15, -0.1) is 0 Å². The summed E-state index contributed by atoms with van der Waals surface area (Å²) in [6, 6.07) is 7.31. The van der Waals surface area contributed by atoms with Crippen LogP contribution in [-0.4, -0.2) is 20.6 Å². The molecule has 164 valence electrons. The molecule has 0 saturated heterocycles. The average Bonchev–Trinajstić information content (AvgIpc) is 3.04. The van der Waals surface area contributed by atoms with Gasteiger partial charge in [-0.3, -0.25) is 4.98 Å². The molecule has 2 aromatic heterocycles. The van der Waals surface area contributed by atoms with Crippen molar-refractivity contribution in [2.75, 3.05) is 0 Å². The maximum absolute atomic E-state index is 13.7. The van der Waals surface area contributed by atoms with Gasteiger partial charge in [0.25, 0.3) is 0 Å². The Morgan fingerprint density at radius 3 is 2.48 bits per heavy atom. The Labute approximate surface area is 183 Å². The highest BCUT2D eigenvalue weighted by Gasteiger charge is 2.21. The molecule has 0 bridgehead atoms. The second-order valence-electron chi connectivity index (χ2n) is 7.30. The lowest BCUT2D eigenvalue weighted by Crippen LogP contribution is -2.15. The molecular weight excluding hydrogens is 422 g/mol. The largest absolute Gasteiger partial charge is 0.442 e. The standard InChI is InChI=1S/C22H24F2N4O2S/c1-14(2)20-21(31-18-11-16(23)10-17(24)12-18)28(19(27-20)13-30-22(25)29)9-3-4-15-5-7-26-8-6-15/h5-8,10-12,14H,3-4,9,13H2,1-2H3,(H2,25,29). The fraction of sp³-hybridized carbons (Fsp3) is 0.318. The van der Waals surface area contributed by atoms with Crippen LogP contribution in [0, 0.1) is 11.6 Å². The van der Waals surface area contributed by atoms with Crippen molar-refractivity contribution in [2.24, 2.45) is 5.73 Å². The van der Waals surface area contributed by atoms with E-state index in [1.165, 1.54) is 23.9 Å². The number of ether oxygens (including phenoxy) is 1. The molecular formula is C22H24F2N4O2S. The van der Waals surface area contributed by atoms with Gasteiger partial charge < -0.3 is 15.0 Å². The van der Waals surface area contributed by atoms with E-state index in [4.69, 9.17) is 10.5 Å². The first-order valence-corrected chi connectivity index (χ1v) is 10.7. The molecule has 2 N–H and O–H groups in total. The van der Waals surface area contributed by atoms with E-state index in [2.05, 4.69) is 9.97 Å². The molecule has 0 saturated carbocycles. The lowest BCUT2D eigenvalue weighted by atomic mass is 10.1. The highest BCUT2D eigenvalue weighted by molar-refractivity contribution is 7.99. The maximum atomic E-state index is 13.7. The first kappa shape index (κ1) is 22.7. The summed E-state index contributed by atoms with van der Waals surface area (Å²) in [6.07, 6.45) is 4.20. The average molecular weight is 447 g/mol. The molecule has 0 spiro atoms. The quantitative estimate of drug-likeness (QED) is 0.497. The van der Waals surface area contributed by atoms with Crippen LogP contribution in [0.1, 0.15) is 43.3 Å². The van der Waals surface area contributed by atoms with E-state index < -0.39 is 17.7 Å². The molecule has 0 atom stereocenters. The van der Waals surface area contributed by atoms with Crippen LogP contribution in [0.5, 0.6) is 0 Å². The smallest absolute Gasteiger partial charge is 0.404 e. The highest BCUT2D eigenvalue weighted by Crippen LogP contribution is 2.36. The summed E-state index contributed by atoms with van der Waals surface area (Å²) in [5.41, 5.74) is 7.05. The third-order valence-corrected chi connectivity index (χ3v) is 5.66. The van der Waals surface area contributed by atoms with Gasteiger partial charge >= 0.3 is 6.09 Å². The van der Waals surface area contributed by atoms with Gasteiger partial charge in [0.05, 0.1) is 5.69 Å². The van der Waals surface area contributed by atoms with Crippen LogP contribution in [0.15, 0.2) is 52.6 Å². The van der Waals surface area contributed by atoms with E-state index >= 15 is 0 Å². The van der Waals surface area contributed by atoms with Gasteiger partial charge in [-0.25, -0.2) is 18.6 Å². The molecule has 1 aromatic carbocycles. The Hall–Kier alpha value is -2.94. The molecule has 3 aromatic rings. The number of benzene rings is 1. The van der Waals surface area contributed by atoms with Crippen molar-refractivity contribution >= 4 is 17.9 Å². The molecule has 1 amide bonds. The first-order chi connectivity index (χ1) is 14.8. The van der Waals surface area contributed by atoms with Crippen LogP contribution in [0.25, 0.3) is 0 Å². The number of carbonyl (C=O) groups is 1. The van der Waals surface area contributed by atoms with E-state index in [0.717, 1.165) is 35.2 Å². The Morgan fingerprint density at radius 2 is 1.87 bits per heavy atom. The number of hydrogen-bond donors (Lipinski definition) is 1. The third-order valence-electron chi connectivity index (χ3n) is 4.56. The zero-order valence-corrected chi connectivity index (χ0v) is 18.2. The lowest BCUT2D eigenvalue weighted by molar-refractivity contribution is 0.145. The summed E-state index contributed by atoms with van der Waals surface area (Å²) >= 11 is 1.24. The van der Waals surface area contributed by atoms with Gasteiger partial charge in [-0.05, 0) is 48.6 Å². The third kappa shape index (κ3) is 6.27. The monoisotopic (exact) mass is 446 g/mol. The van der Waals surface area contributed by atoms with Crippen LogP contribution >= 0.6 is 11.8 Å². The van der Waals surface area contributed by atoms with Crippen molar-refractivity contribution in [2.45, 2.75) is 55.7 Å². The minimum atomic E-state index is -0.890. The van der Waals surface area contributed by atoms with Crippen molar-refractivity contribution < 1.29 is 18.3 Å². The van der Waals surface area contributed by atoms with E-state index in [1.54, 1.807) is 12.4 Å². The van der Waals surface area contributed by atoms with Gasteiger partial charge in [0.2, 0.25) is 0 Å². The number of hydrogen-bond acceptors (Lipinski definition) is 5. The molecule has 0 aliphatic carbocycles. The molecule has 0 aliphatic heterocycles. The molecule has 3 rings (SSSR count). The van der Waals surface area contributed by atoms with Crippen molar-refractivity contribution in [3.8, 4) is 0 Å². The zero-order chi connectivity index (χ0) is 22.4. The summed E-state index contributed by atoms with van der Waals surface area (Å²) < 4.78 is 34.4. The van der Waals surface area contributed by atoms with Crippen molar-refractivity contribution in [1.82, 2.24) is 14.5 Å². The van der Waals surface area contributed by atoms with Gasteiger partial charge in [-0.1, -0.05) is 25.6 Å².